The number of amides is 1. The molecule has 1 N–H and O–H groups in total. The van der Waals surface area contributed by atoms with Crippen molar-refractivity contribution >= 4 is 5.91 Å². The van der Waals surface area contributed by atoms with Gasteiger partial charge in [0.25, 0.3) is 5.91 Å². The molecular weight excluding hydrogens is 507 g/mol. The first-order chi connectivity index (χ1) is 19.5. The zero-order chi connectivity index (χ0) is 27.7. The first-order valence-electron chi connectivity index (χ1n) is 14.5. The molecule has 2 heterocycles. The van der Waals surface area contributed by atoms with Gasteiger partial charge in [-0.15, -0.1) is 0 Å². The summed E-state index contributed by atoms with van der Waals surface area (Å²) >= 11 is 0. The molecule has 7 heteroatoms. The van der Waals surface area contributed by atoms with Crippen molar-refractivity contribution in [1.29, 1.82) is 0 Å². The van der Waals surface area contributed by atoms with Gasteiger partial charge in [0.05, 0.1) is 0 Å². The third kappa shape index (κ3) is 7.54. The number of piperidine rings is 1. The van der Waals surface area contributed by atoms with Gasteiger partial charge in [-0.2, -0.15) is 0 Å². The maximum Gasteiger partial charge on any atom is 0.260 e. The van der Waals surface area contributed by atoms with E-state index in [-0.39, 0.29) is 18.3 Å². The number of hydrogen-bond donors (Lipinski definition) is 1. The molecule has 5 rings (SSSR count). The van der Waals surface area contributed by atoms with Gasteiger partial charge in [-0.25, -0.2) is 4.39 Å². The third-order valence-corrected chi connectivity index (χ3v) is 8.07. The highest BCUT2D eigenvalue weighted by atomic mass is 19.1. The van der Waals surface area contributed by atoms with Crippen LogP contribution in [0.4, 0.5) is 4.39 Å². The minimum absolute atomic E-state index is 0.0460. The van der Waals surface area contributed by atoms with Crippen molar-refractivity contribution in [3.05, 3.63) is 78.1 Å². The highest BCUT2D eigenvalue weighted by Crippen LogP contribution is 2.36. The lowest BCUT2D eigenvalue weighted by atomic mass is 9.90. The summed E-state index contributed by atoms with van der Waals surface area (Å²) in [5.74, 6) is 1.30. The molecule has 2 aliphatic heterocycles. The van der Waals surface area contributed by atoms with E-state index >= 15 is 0 Å². The number of para-hydroxylation sites is 1. The van der Waals surface area contributed by atoms with E-state index in [2.05, 4.69) is 23.1 Å². The first kappa shape index (κ1) is 28.0. The summed E-state index contributed by atoms with van der Waals surface area (Å²) in [7, 11) is 0. The monoisotopic (exact) mass is 546 g/mol. The molecule has 0 spiro atoms. The molecule has 3 aromatic carbocycles. The van der Waals surface area contributed by atoms with E-state index in [4.69, 9.17) is 9.47 Å². The Balaban J connectivity index is 1.05. The fourth-order valence-electron chi connectivity index (χ4n) is 5.71. The molecule has 0 atom stereocenters. The van der Waals surface area contributed by atoms with E-state index in [1.54, 1.807) is 12.1 Å². The zero-order valence-corrected chi connectivity index (χ0v) is 23.1. The Morgan fingerprint density at radius 3 is 2.50 bits per heavy atom. The number of hydrogen-bond acceptors (Lipinski definition) is 5. The smallest absolute Gasteiger partial charge is 0.260 e. The number of benzene rings is 3. The molecule has 0 aliphatic carbocycles. The summed E-state index contributed by atoms with van der Waals surface area (Å²) in [6, 6.07) is 19.5. The lowest BCUT2D eigenvalue weighted by Crippen LogP contribution is -2.41. The number of carbonyl (C=O) groups is 1. The highest BCUT2D eigenvalue weighted by molar-refractivity contribution is 5.79. The summed E-state index contributed by atoms with van der Waals surface area (Å²) in [6.07, 6.45) is 6.68. The fourth-order valence-corrected chi connectivity index (χ4v) is 5.71. The van der Waals surface area contributed by atoms with Gasteiger partial charge in [0.2, 0.25) is 0 Å². The Morgan fingerprint density at radius 1 is 0.900 bits per heavy atom. The SMILES string of the molecule is O=C(COc1ccccc1-c1ccc(F)cc1O)N1CCC(CCc2cccc(OCCN3CCCC3)c2)CC1. The van der Waals surface area contributed by atoms with Crippen molar-refractivity contribution in [1.82, 2.24) is 9.80 Å². The van der Waals surface area contributed by atoms with Crippen molar-refractivity contribution in [2.45, 2.75) is 38.5 Å². The molecule has 0 unspecified atom stereocenters. The Hall–Kier alpha value is -3.58. The van der Waals surface area contributed by atoms with E-state index in [1.165, 1.54) is 43.6 Å². The van der Waals surface area contributed by atoms with Crippen molar-refractivity contribution in [2.75, 3.05) is 45.9 Å². The zero-order valence-electron chi connectivity index (χ0n) is 23.1. The van der Waals surface area contributed by atoms with Crippen LogP contribution < -0.4 is 9.47 Å². The van der Waals surface area contributed by atoms with Gasteiger partial charge in [0.15, 0.2) is 6.61 Å². The van der Waals surface area contributed by atoms with E-state index in [9.17, 15) is 14.3 Å². The number of halogens is 1. The number of carbonyl (C=O) groups excluding carboxylic acids is 1. The van der Waals surface area contributed by atoms with Gasteiger partial charge in [0, 0.05) is 36.8 Å². The number of nitrogens with zero attached hydrogens (tertiary/aromatic N) is 2. The lowest BCUT2D eigenvalue weighted by Gasteiger charge is -2.32. The third-order valence-electron chi connectivity index (χ3n) is 8.07. The molecule has 2 fully saturated rings. The molecule has 2 saturated heterocycles. The quantitative estimate of drug-likeness (QED) is 0.323. The van der Waals surface area contributed by atoms with Crippen molar-refractivity contribution in [3.63, 3.8) is 0 Å². The van der Waals surface area contributed by atoms with Crippen molar-refractivity contribution < 1.29 is 23.8 Å². The Labute approximate surface area is 236 Å². The summed E-state index contributed by atoms with van der Waals surface area (Å²) in [6.45, 7) is 5.50. The molecule has 1 amide bonds. The average molecular weight is 547 g/mol. The molecule has 2 aliphatic rings. The second-order valence-corrected chi connectivity index (χ2v) is 10.9. The van der Waals surface area contributed by atoms with Crippen LogP contribution in [0.25, 0.3) is 11.1 Å². The number of rotatable bonds is 11. The molecule has 6 nitrogen and oxygen atoms in total. The van der Waals surface area contributed by atoms with Crippen LogP contribution in [0.15, 0.2) is 66.7 Å². The van der Waals surface area contributed by atoms with Crippen LogP contribution in [0.3, 0.4) is 0 Å². The second-order valence-electron chi connectivity index (χ2n) is 10.9. The normalized spacial score (nSPS) is 16.3. The van der Waals surface area contributed by atoms with Crippen LogP contribution in [-0.4, -0.2) is 66.8 Å². The van der Waals surface area contributed by atoms with Gasteiger partial charge < -0.3 is 19.5 Å². The topological polar surface area (TPSA) is 62.2 Å². The summed E-state index contributed by atoms with van der Waals surface area (Å²) < 4.78 is 25.3. The molecule has 0 bridgehead atoms. The van der Waals surface area contributed by atoms with Crippen LogP contribution in [0.1, 0.15) is 37.7 Å². The van der Waals surface area contributed by atoms with Gasteiger partial charge in [-0.3, -0.25) is 9.69 Å². The summed E-state index contributed by atoms with van der Waals surface area (Å²) in [5.41, 5.74) is 2.38. The molecule has 40 heavy (non-hydrogen) atoms. The van der Waals surface area contributed by atoms with E-state index in [0.717, 1.165) is 63.7 Å². The van der Waals surface area contributed by atoms with Crippen LogP contribution >= 0.6 is 0 Å². The van der Waals surface area contributed by atoms with Gasteiger partial charge >= 0.3 is 0 Å². The van der Waals surface area contributed by atoms with Crippen molar-refractivity contribution in [3.8, 4) is 28.4 Å². The largest absolute Gasteiger partial charge is 0.507 e. The summed E-state index contributed by atoms with van der Waals surface area (Å²) in [5, 5.41) is 10.2. The lowest BCUT2D eigenvalue weighted by molar-refractivity contribution is -0.134. The molecule has 0 radical (unpaired) electrons. The molecule has 212 valence electrons. The Morgan fingerprint density at radius 2 is 1.70 bits per heavy atom. The number of likely N-dealkylation sites (tertiary alicyclic amines) is 2. The van der Waals surface area contributed by atoms with Crippen LogP contribution in [0.2, 0.25) is 0 Å². The molecule has 0 saturated carbocycles. The standard InChI is InChI=1S/C33H39FN2O4/c34-27-12-13-29(31(37)23-27)30-8-1-2-9-32(30)40-24-33(38)36-18-14-25(15-19-36)10-11-26-6-5-7-28(22-26)39-21-20-35-16-3-4-17-35/h1-2,5-9,12-13,22-23,25,37H,3-4,10-11,14-21,24H2. The van der Waals surface area contributed by atoms with Crippen LogP contribution in [0, 0.1) is 11.7 Å². The van der Waals surface area contributed by atoms with E-state index in [0.29, 0.717) is 22.8 Å². The summed E-state index contributed by atoms with van der Waals surface area (Å²) in [4.78, 5) is 17.3. The molecule has 0 aromatic heterocycles. The van der Waals surface area contributed by atoms with E-state index < -0.39 is 5.82 Å². The highest BCUT2D eigenvalue weighted by Gasteiger charge is 2.23. The molecular formula is C33H39FN2O4. The fraction of sp³-hybridized carbons (Fsp3) is 0.424. The van der Waals surface area contributed by atoms with E-state index in [1.807, 2.05) is 23.1 Å². The second kappa shape index (κ2) is 13.7. The number of aromatic hydroxyl groups is 1. The number of aryl methyl sites for hydroxylation is 1. The predicted octanol–water partition coefficient (Wildman–Crippen LogP) is 5.92. The Bertz CT molecular complexity index is 1270. The van der Waals surface area contributed by atoms with Gasteiger partial charge in [-0.1, -0.05) is 30.3 Å². The molecule has 3 aromatic rings. The number of ether oxygens (including phenoxy) is 2. The first-order valence-corrected chi connectivity index (χ1v) is 14.5. The van der Waals surface area contributed by atoms with Crippen LogP contribution in [0.5, 0.6) is 17.2 Å². The minimum atomic E-state index is -0.510. The van der Waals surface area contributed by atoms with Gasteiger partial charge in [0.1, 0.15) is 29.7 Å². The average Bonchev–Trinajstić information content (AvgIpc) is 3.49. The van der Waals surface area contributed by atoms with Crippen LogP contribution in [-0.2, 0) is 11.2 Å². The number of phenols is 1. The van der Waals surface area contributed by atoms with Gasteiger partial charge in [-0.05, 0) is 93.4 Å². The predicted molar refractivity (Wildman–Crippen MR) is 154 cm³/mol. The minimum Gasteiger partial charge on any atom is -0.507 e. The Kier molecular flexibility index (Phi) is 9.55. The maximum absolute atomic E-state index is 13.4. The van der Waals surface area contributed by atoms with Crippen molar-refractivity contribution in [2.24, 2.45) is 5.92 Å². The maximum atomic E-state index is 13.4. The number of phenolic OH excluding ortho intramolecular Hbond substituents is 1.